The molecule has 0 aromatic heterocycles. The molecule has 140 valence electrons. The Morgan fingerprint density at radius 2 is 1.69 bits per heavy atom. The largest absolute Gasteiger partial charge is 0.481 e. The molecule has 0 bridgehead atoms. The molecule has 0 aliphatic heterocycles. The van der Waals surface area contributed by atoms with Gasteiger partial charge in [-0.15, -0.1) is 0 Å². The molecule has 2 aromatic rings. The van der Waals surface area contributed by atoms with Crippen LogP contribution in [-0.4, -0.2) is 36.5 Å². The Labute approximate surface area is 161 Å². The summed E-state index contributed by atoms with van der Waals surface area (Å²) in [5.41, 5.74) is 1.20. The predicted molar refractivity (Wildman–Crippen MR) is 107 cm³/mol. The molecule has 0 aliphatic carbocycles. The highest BCUT2D eigenvalue weighted by atomic mass is 35.5. The minimum Gasteiger partial charge on any atom is -0.481 e. The van der Waals surface area contributed by atoms with Crippen molar-refractivity contribution in [1.82, 2.24) is 10.2 Å². The van der Waals surface area contributed by atoms with Gasteiger partial charge in [0.05, 0.1) is 6.04 Å². The van der Waals surface area contributed by atoms with Crippen molar-refractivity contribution >= 4 is 17.5 Å². The number of hydrogen-bond acceptors (Lipinski definition) is 3. The highest BCUT2D eigenvalue weighted by molar-refractivity contribution is 6.30. The maximum absolute atomic E-state index is 12.5. The van der Waals surface area contributed by atoms with E-state index >= 15 is 0 Å². The monoisotopic (exact) mass is 374 g/mol. The number of amides is 1. The third-order valence-electron chi connectivity index (χ3n) is 4.40. The zero-order chi connectivity index (χ0) is 18.9. The topological polar surface area (TPSA) is 41.6 Å². The zero-order valence-electron chi connectivity index (χ0n) is 15.6. The number of nitrogens with one attached hydrogen (secondary N) is 1. The minimum absolute atomic E-state index is 0.131. The third kappa shape index (κ3) is 5.75. The van der Waals surface area contributed by atoms with Gasteiger partial charge in [0.25, 0.3) is 5.91 Å². The number of nitrogens with zero attached hydrogens (tertiary/aromatic N) is 1. The summed E-state index contributed by atoms with van der Waals surface area (Å²) < 4.78 is 5.70. The van der Waals surface area contributed by atoms with Gasteiger partial charge >= 0.3 is 0 Å². The van der Waals surface area contributed by atoms with Crippen LogP contribution in [0.3, 0.4) is 0 Å². The molecule has 0 saturated heterocycles. The van der Waals surface area contributed by atoms with E-state index in [4.69, 9.17) is 16.3 Å². The molecule has 5 heteroatoms. The Morgan fingerprint density at radius 1 is 1.08 bits per heavy atom. The number of rotatable bonds is 9. The van der Waals surface area contributed by atoms with E-state index in [0.717, 1.165) is 13.1 Å². The van der Waals surface area contributed by atoms with Gasteiger partial charge in [0.15, 0.2) is 6.10 Å². The number of benzene rings is 2. The number of carbonyl (C=O) groups excluding carboxylic acids is 1. The molecule has 26 heavy (non-hydrogen) atoms. The van der Waals surface area contributed by atoms with Crippen LogP contribution >= 0.6 is 11.6 Å². The highest BCUT2D eigenvalue weighted by Gasteiger charge is 2.21. The first-order valence-corrected chi connectivity index (χ1v) is 9.41. The summed E-state index contributed by atoms with van der Waals surface area (Å²) in [6.45, 7) is 8.39. The number of likely N-dealkylation sites (N-methyl/N-ethyl adjacent to an activating group) is 1. The van der Waals surface area contributed by atoms with Crippen molar-refractivity contribution < 1.29 is 9.53 Å². The van der Waals surface area contributed by atoms with E-state index in [0.29, 0.717) is 17.3 Å². The Kier molecular flexibility index (Phi) is 7.95. The second-order valence-electron chi connectivity index (χ2n) is 6.11. The van der Waals surface area contributed by atoms with Crippen LogP contribution in [0, 0.1) is 0 Å². The fourth-order valence-corrected chi connectivity index (χ4v) is 3.04. The summed E-state index contributed by atoms with van der Waals surface area (Å²) in [5, 5.41) is 3.67. The van der Waals surface area contributed by atoms with Crippen LogP contribution in [0.1, 0.15) is 32.4 Å². The Hall–Kier alpha value is -2.04. The fourth-order valence-electron chi connectivity index (χ4n) is 2.91. The molecule has 1 N–H and O–H groups in total. The lowest BCUT2D eigenvalue weighted by Gasteiger charge is -2.30. The van der Waals surface area contributed by atoms with Crippen molar-refractivity contribution in [3.05, 3.63) is 65.2 Å². The second kappa shape index (κ2) is 10.2. The molecule has 2 rings (SSSR count). The molecular weight excluding hydrogens is 348 g/mol. The van der Waals surface area contributed by atoms with E-state index in [1.54, 1.807) is 31.2 Å². The summed E-state index contributed by atoms with van der Waals surface area (Å²) in [5.74, 6) is 0.494. The van der Waals surface area contributed by atoms with Crippen molar-refractivity contribution in [1.29, 1.82) is 0 Å². The fraction of sp³-hybridized carbons (Fsp3) is 0.381. The molecule has 0 spiro atoms. The molecule has 2 atom stereocenters. The van der Waals surface area contributed by atoms with Crippen LogP contribution in [0.25, 0.3) is 0 Å². The SMILES string of the molecule is CCN(CC)C(CNC(=O)C(C)Oc1ccc(Cl)cc1)c1ccccc1. The Bertz CT molecular complexity index is 672. The lowest BCUT2D eigenvalue weighted by Crippen LogP contribution is -2.42. The lowest BCUT2D eigenvalue weighted by molar-refractivity contribution is -0.127. The van der Waals surface area contributed by atoms with Crippen LogP contribution in [0.2, 0.25) is 5.02 Å². The molecule has 0 fully saturated rings. The van der Waals surface area contributed by atoms with Crippen LogP contribution in [0.15, 0.2) is 54.6 Å². The third-order valence-corrected chi connectivity index (χ3v) is 4.65. The van der Waals surface area contributed by atoms with Crippen LogP contribution in [0.5, 0.6) is 5.75 Å². The van der Waals surface area contributed by atoms with Gasteiger partial charge in [0, 0.05) is 11.6 Å². The normalized spacial score (nSPS) is 13.3. The van der Waals surface area contributed by atoms with Crippen molar-refractivity contribution in [2.24, 2.45) is 0 Å². The molecule has 2 aromatic carbocycles. The van der Waals surface area contributed by atoms with Gasteiger partial charge in [0.1, 0.15) is 5.75 Å². The molecule has 0 radical (unpaired) electrons. The summed E-state index contributed by atoms with van der Waals surface area (Å²) in [4.78, 5) is 14.8. The van der Waals surface area contributed by atoms with E-state index in [9.17, 15) is 4.79 Å². The quantitative estimate of drug-likeness (QED) is 0.711. The van der Waals surface area contributed by atoms with Gasteiger partial charge < -0.3 is 10.1 Å². The van der Waals surface area contributed by atoms with Crippen LogP contribution < -0.4 is 10.1 Å². The number of carbonyl (C=O) groups is 1. The number of ether oxygens (including phenoxy) is 1. The van der Waals surface area contributed by atoms with Gasteiger partial charge in [-0.3, -0.25) is 9.69 Å². The second-order valence-corrected chi connectivity index (χ2v) is 6.54. The van der Waals surface area contributed by atoms with Crippen LogP contribution in [0.4, 0.5) is 0 Å². The van der Waals surface area contributed by atoms with Gasteiger partial charge in [-0.2, -0.15) is 0 Å². The maximum Gasteiger partial charge on any atom is 0.260 e. The van der Waals surface area contributed by atoms with E-state index in [1.807, 2.05) is 18.2 Å². The summed E-state index contributed by atoms with van der Waals surface area (Å²) in [6, 6.07) is 17.4. The zero-order valence-corrected chi connectivity index (χ0v) is 16.4. The Balaban J connectivity index is 1.98. The first-order valence-electron chi connectivity index (χ1n) is 9.04. The smallest absolute Gasteiger partial charge is 0.260 e. The first-order chi connectivity index (χ1) is 12.5. The standard InChI is InChI=1S/C21H27ClN2O2/c1-4-24(5-2)20(17-9-7-6-8-10-17)15-23-21(25)16(3)26-19-13-11-18(22)12-14-19/h6-14,16,20H,4-5,15H2,1-3H3,(H,23,25). The average molecular weight is 375 g/mol. The van der Waals surface area contributed by atoms with Crippen molar-refractivity contribution in [3.63, 3.8) is 0 Å². The van der Waals surface area contributed by atoms with E-state index in [2.05, 4.69) is 36.2 Å². The number of hydrogen-bond donors (Lipinski definition) is 1. The van der Waals surface area contributed by atoms with Gasteiger partial charge in [0.2, 0.25) is 0 Å². The number of halogens is 1. The molecular formula is C21H27ClN2O2. The van der Waals surface area contributed by atoms with Gasteiger partial charge in [-0.1, -0.05) is 55.8 Å². The molecule has 2 unspecified atom stereocenters. The van der Waals surface area contributed by atoms with E-state index in [1.165, 1.54) is 5.56 Å². The van der Waals surface area contributed by atoms with Crippen molar-refractivity contribution in [2.75, 3.05) is 19.6 Å². The summed E-state index contributed by atoms with van der Waals surface area (Å²) in [7, 11) is 0. The van der Waals surface area contributed by atoms with E-state index < -0.39 is 6.10 Å². The van der Waals surface area contributed by atoms with Crippen molar-refractivity contribution in [2.45, 2.75) is 32.9 Å². The molecule has 1 amide bonds. The predicted octanol–water partition coefficient (Wildman–Crippen LogP) is 4.31. The molecule has 0 heterocycles. The lowest BCUT2D eigenvalue weighted by atomic mass is 10.0. The van der Waals surface area contributed by atoms with Crippen molar-refractivity contribution in [3.8, 4) is 5.75 Å². The van der Waals surface area contributed by atoms with Crippen LogP contribution in [-0.2, 0) is 4.79 Å². The highest BCUT2D eigenvalue weighted by Crippen LogP contribution is 2.20. The molecule has 0 saturated carbocycles. The van der Waals surface area contributed by atoms with Gasteiger partial charge in [-0.05, 0) is 49.8 Å². The molecule has 4 nitrogen and oxygen atoms in total. The maximum atomic E-state index is 12.5. The molecule has 0 aliphatic rings. The van der Waals surface area contributed by atoms with E-state index in [-0.39, 0.29) is 11.9 Å². The van der Waals surface area contributed by atoms with Gasteiger partial charge in [-0.25, -0.2) is 0 Å². The average Bonchev–Trinajstić information content (AvgIpc) is 2.67. The summed E-state index contributed by atoms with van der Waals surface area (Å²) >= 11 is 5.87. The minimum atomic E-state index is -0.579. The summed E-state index contributed by atoms with van der Waals surface area (Å²) in [6.07, 6.45) is -0.579. The Morgan fingerprint density at radius 3 is 2.27 bits per heavy atom. The first kappa shape index (κ1) is 20.3.